The molecule has 2 nitrogen and oxygen atoms in total. The summed E-state index contributed by atoms with van der Waals surface area (Å²) in [6.07, 6.45) is 0.987. The first kappa shape index (κ1) is 9.01. The number of fused-ring (bicyclic) bond motifs is 1. The predicted octanol–water partition coefficient (Wildman–Crippen LogP) is 2.62. The van der Waals surface area contributed by atoms with Gasteiger partial charge in [0.15, 0.2) is 0 Å². The largest absolute Gasteiger partial charge is 0.384 e. The molecule has 0 fully saturated rings. The number of benzene rings is 1. The van der Waals surface area contributed by atoms with Crippen molar-refractivity contribution in [3.63, 3.8) is 0 Å². The van der Waals surface area contributed by atoms with E-state index in [1.165, 1.54) is 12.1 Å². The van der Waals surface area contributed by atoms with Gasteiger partial charge in [-0.25, -0.2) is 4.39 Å². The van der Waals surface area contributed by atoms with Crippen LogP contribution < -0.4 is 5.32 Å². The normalized spacial score (nSPS) is 19.4. The van der Waals surface area contributed by atoms with Gasteiger partial charge in [-0.2, -0.15) is 5.26 Å². The van der Waals surface area contributed by atoms with Crippen molar-refractivity contribution >= 4 is 5.69 Å². The first-order valence-corrected chi connectivity index (χ1v) is 4.70. The fraction of sp³-hybridized carbons (Fsp3) is 0.364. The summed E-state index contributed by atoms with van der Waals surface area (Å²) in [7, 11) is 0. The van der Waals surface area contributed by atoms with Gasteiger partial charge < -0.3 is 5.32 Å². The standard InChI is InChI=1S/C11H11FN2/c1-7-2-3-14-11-8(6-13)4-9(12)5-10(7)11/h4-5,7,14H,2-3H2,1H3. The van der Waals surface area contributed by atoms with E-state index in [4.69, 9.17) is 5.26 Å². The summed E-state index contributed by atoms with van der Waals surface area (Å²) in [5.41, 5.74) is 2.15. The SMILES string of the molecule is CC1CCNc2c(C#N)cc(F)cc21. The molecule has 0 aromatic heterocycles. The molecule has 3 heteroatoms. The lowest BCUT2D eigenvalue weighted by atomic mass is 9.90. The van der Waals surface area contributed by atoms with Crippen LogP contribution in [0.3, 0.4) is 0 Å². The van der Waals surface area contributed by atoms with Gasteiger partial charge in [-0.05, 0) is 30.0 Å². The highest BCUT2D eigenvalue weighted by Gasteiger charge is 2.19. The molecule has 0 aliphatic carbocycles. The van der Waals surface area contributed by atoms with E-state index < -0.39 is 0 Å². The highest BCUT2D eigenvalue weighted by atomic mass is 19.1. The van der Waals surface area contributed by atoms with Crippen LogP contribution in [0, 0.1) is 17.1 Å². The van der Waals surface area contributed by atoms with E-state index in [0.717, 1.165) is 24.2 Å². The second-order valence-electron chi connectivity index (χ2n) is 3.65. The Kier molecular flexibility index (Phi) is 2.12. The van der Waals surface area contributed by atoms with Crippen molar-refractivity contribution in [2.45, 2.75) is 19.3 Å². The molecule has 2 rings (SSSR count). The highest BCUT2D eigenvalue weighted by molar-refractivity contribution is 5.65. The maximum Gasteiger partial charge on any atom is 0.124 e. The molecule has 1 aromatic carbocycles. The quantitative estimate of drug-likeness (QED) is 0.682. The van der Waals surface area contributed by atoms with Crippen molar-refractivity contribution in [2.24, 2.45) is 0 Å². The number of anilines is 1. The summed E-state index contributed by atoms with van der Waals surface area (Å²) in [6, 6.07) is 4.82. The highest BCUT2D eigenvalue weighted by Crippen LogP contribution is 2.34. The van der Waals surface area contributed by atoms with Crippen molar-refractivity contribution in [3.05, 3.63) is 29.1 Å². The molecule has 1 aromatic rings. The zero-order valence-electron chi connectivity index (χ0n) is 7.97. The Morgan fingerprint density at radius 1 is 1.57 bits per heavy atom. The van der Waals surface area contributed by atoms with Crippen LogP contribution in [0.15, 0.2) is 12.1 Å². The summed E-state index contributed by atoms with van der Waals surface area (Å²) in [4.78, 5) is 0. The lowest BCUT2D eigenvalue weighted by molar-refractivity contribution is 0.613. The molecule has 1 N–H and O–H groups in total. The van der Waals surface area contributed by atoms with Gasteiger partial charge in [0.1, 0.15) is 11.9 Å². The Labute approximate surface area is 82.4 Å². The maximum atomic E-state index is 13.1. The average Bonchev–Trinajstić information content (AvgIpc) is 2.18. The summed E-state index contributed by atoms with van der Waals surface area (Å²) in [5.74, 6) is 0.00454. The molecule has 0 bridgehead atoms. The zero-order valence-corrected chi connectivity index (χ0v) is 7.97. The number of nitrogens with one attached hydrogen (secondary N) is 1. The van der Waals surface area contributed by atoms with Gasteiger partial charge in [-0.15, -0.1) is 0 Å². The van der Waals surface area contributed by atoms with Crippen LogP contribution in [-0.2, 0) is 0 Å². The molecule has 72 valence electrons. The Hall–Kier alpha value is -1.56. The summed E-state index contributed by atoms with van der Waals surface area (Å²) in [5, 5.41) is 12.0. The Morgan fingerprint density at radius 3 is 3.07 bits per heavy atom. The molecular weight excluding hydrogens is 179 g/mol. The third-order valence-electron chi connectivity index (χ3n) is 2.66. The summed E-state index contributed by atoms with van der Waals surface area (Å²) < 4.78 is 13.1. The number of halogens is 1. The summed E-state index contributed by atoms with van der Waals surface area (Å²) >= 11 is 0. The average molecular weight is 190 g/mol. The first-order chi connectivity index (χ1) is 6.72. The molecule has 0 spiro atoms. The number of hydrogen-bond acceptors (Lipinski definition) is 2. The second kappa shape index (κ2) is 3.30. The van der Waals surface area contributed by atoms with E-state index >= 15 is 0 Å². The number of nitriles is 1. The lowest BCUT2D eigenvalue weighted by Crippen LogP contribution is -2.16. The monoisotopic (exact) mass is 190 g/mol. The Balaban J connectivity index is 2.62. The van der Waals surface area contributed by atoms with E-state index in [9.17, 15) is 4.39 Å². The molecule has 0 saturated carbocycles. The molecule has 0 saturated heterocycles. The van der Waals surface area contributed by atoms with Crippen molar-refractivity contribution < 1.29 is 4.39 Å². The van der Waals surface area contributed by atoms with Gasteiger partial charge in [0.25, 0.3) is 0 Å². The van der Waals surface area contributed by atoms with Gasteiger partial charge in [0, 0.05) is 6.54 Å². The minimum atomic E-state index is -0.323. The molecule has 1 unspecified atom stereocenters. The van der Waals surface area contributed by atoms with Crippen molar-refractivity contribution in [1.29, 1.82) is 5.26 Å². The van der Waals surface area contributed by atoms with Gasteiger partial charge in [-0.1, -0.05) is 6.92 Å². The molecule has 0 radical (unpaired) electrons. The van der Waals surface area contributed by atoms with Crippen LogP contribution in [0.25, 0.3) is 0 Å². The first-order valence-electron chi connectivity index (χ1n) is 4.70. The number of hydrogen-bond donors (Lipinski definition) is 1. The lowest BCUT2D eigenvalue weighted by Gasteiger charge is -2.24. The molecule has 1 aliphatic heterocycles. The van der Waals surface area contributed by atoms with Crippen molar-refractivity contribution in [1.82, 2.24) is 0 Å². The van der Waals surface area contributed by atoms with Gasteiger partial charge in [-0.3, -0.25) is 0 Å². The molecule has 1 aliphatic rings. The van der Waals surface area contributed by atoms with Crippen LogP contribution >= 0.6 is 0 Å². The smallest absolute Gasteiger partial charge is 0.124 e. The van der Waals surface area contributed by atoms with E-state index in [0.29, 0.717) is 11.5 Å². The minimum absolute atomic E-state index is 0.323. The van der Waals surface area contributed by atoms with Gasteiger partial charge >= 0.3 is 0 Å². The number of nitrogens with zero attached hydrogens (tertiary/aromatic N) is 1. The van der Waals surface area contributed by atoms with Crippen LogP contribution in [0.4, 0.5) is 10.1 Å². The van der Waals surface area contributed by atoms with Crippen LogP contribution in [0.5, 0.6) is 0 Å². The summed E-state index contributed by atoms with van der Waals surface area (Å²) in [6.45, 7) is 2.91. The molecule has 1 heterocycles. The van der Waals surface area contributed by atoms with Crippen molar-refractivity contribution in [2.75, 3.05) is 11.9 Å². The topological polar surface area (TPSA) is 35.8 Å². The van der Waals surface area contributed by atoms with E-state index in [1.54, 1.807) is 0 Å². The minimum Gasteiger partial charge on any atom is -0.384 e. The molecule has 1 atom stereocenters. The maximum absolute atomic E-state index is 13.1. The fourth-order valence-corrected chi connectivity index (χ4v) is 1.87. The zero-order chi connectivity index (χ0) is 10.1. The van der Waals surface area contributed by atoms with Gasteiger partial charge in [0.05, 0.1) is 11.3 Å². The fourth-order valence-electron chi connectivity index (χ4n) is 1.87. The van der Waals surface area contributed by atoms with E-state index in [-0.39, 0.29) is 5.82 Å². The Bertz CT molecular complexity index is 406. The van der Waals surface area contributed by atoms with E-state index in [2.05, 4.69) is 12.2 Å². The van der Waals surface area contributed by atoms with Crippen LogP contribution in [0.1, 0.15) is 30.4 Å². The second-order valence-corrected chi connectivity index (χ2v) is 3.65. The van der Waals surface area contributed by atoms with Crippen LogP contribution in [0.2, 0.25) is 0 Å². The molecule has 14 heavy (non-hydrogen) atoms. The van der Waals surface area contributed by atoms with E-state index in [1.807, 2.05) is 6.07 Å². The number of rotatable bonds is 0. The predicted molar refractivity (Wildman–Crippen MR) is 52.6 cm³/mol. The Morgan fingerprint density at radius 2 is 2.36 bits per heavy atom. The van der Waals surface area contributed by atoms with Gasteiger partial charge in [0.2, 0.25) is 0 Å². The molecular formula is C11H11FN2. The van der Waals surface area contributed by atoms with Crippen molar-refractivity contribution in [3.8, 4) is 6.07 Å². The third kappa shape index (κ3) is 1.33. The third-order valence-corrected chi connectivity index (χ3v) is 2.66. The van der Waals surface area contributed by atoms with Crippen LogP contribution in [-0.4, -0.2) is 6.54 Å². The molecule has 0 amide bonds.